The average molecular weight is 233 g/mol. The molecule has 0 aliphatic rings. The molecule has 0 aromatic heterocycles. The number of phenolic OH excluding ortho intramolecular Hbond substituents is 1. The van der Waals surface area contributed by atoms with Gasteiger partial charge in [0, 0.05) is 10.6 Å². The Morgan fingerprint density at radius 2 is 1.94 bits per heavy atom. The Labute approximate surface area is 98.8 Å². The van der Waals surface area contributed by atoms with E-state index >= 15 is 0 Å². The van der Waals surface area contributed by atoms with Crippen LogP contribution in [-0.4, -0.2) is 5.11 Å². The quantitative estimate of drug-likeness (QED) is 0.757. The summed E-state index contributed by atoms with van der Waals surface area (Å²) in [5.41, 5.74) is 1.60. The van der Waals surface area contributed by atoms with E-state index < -0.39 is 0 Å². The Morgan fingerprint density at radius 1 is 1.38 bits per heavy atom. The number of nitrogens with zero attached hydrogens (tertiary/aromatic N) is 2. The highest BCUT2D eigenvalue weighted by atomic mass is 35.5. The maximum atomic E-state index is 9.82. The number of hydrogen-bond donors (Lipinski definition) is 1. The van der Waals surface area contributed by atoms with Crippen molar-refractivity contribution in [2.24, 2.45) is 0 Å². The van der Waals surface area contributed by atoms with Crippen LogP contribution < -0.4 is 0 Å². The van der Waals surface area contributed by atoms with E-state index in [1.165, 1.54) is 6.08 Å². The highest BCUT2D eigenvalue weighted by Crippen LogP contribution is 2.32. The van der Waals surface area contributed by atoms with Gasteiger partial charge in [-0.3, -0.25) is 0 Å². The molecule has 0 radical (unpaired) electrons. The molecule has 4 heteroatoms. The lowest BCUT2D eigenvalue weighted by atomic mass is 10.0. The molecule has 0 atom stereocenters. The number of halogens is 1. The minimum absolute atomic E-state index is 0.0462. The summed E-state index contributed by atoms with van der Waals surface area (Å²) in [5.74, 6) is 0.0462. The van der Waals surface area contributed by atoms with Crippen molar-refractivity contribution in [1.82, 2.24) is 0 Å². The predicted molar refractivity (Wildman–Crippen MR) is 61.8 cm³/mol. The number of hydrogen-bond acceptors (Lipinski definition) is 3. The fourth-order valence-corrected chi connectivity index (χ4v) is 1.56. The molecule has 0 saturated heterocycles. The van der Waals surface area contributed by atoms with Crippen LogP contribution in [0.2, 0.25) is 5.02 Å². The Kier molecular flexibility index (Phi) is 3.55. The lowest BCUT2D eigenvalue weighted by Crippen LogP contribution is -1.88. The van der Waals surface area contributed by atoms with E-state index in [4.69, 9.17) is 22.1 Å². The van der Waals surface area contributed by atoms with E-state index in [0.717, 1.165) is 0 Å². The second-order valence-electron chi connectivity index (χ2n) is 3.34. The molecule has 1 N–H and O–H groups in total. The van der Waals surface area contributed by atoms with E-state index in [-0.39, 0.29) is 11.3 Å². The molecule has 0 aliphatic carbocycles. The third-order valence-electron chi connectivity index (χ3n) is 2.26. The lowest BCUT2D eigenvalue weighted by molar-refractivity contribution is 0.469. The molecular weight excluding hydrogens is 224 g/mol. The summed E-state index contributed by atoms with van der Waals surface area (Å²) < 4.78 is 0. The van der Waals surface area contributed by atoms with Crippen LogP contribution in [0.15, 0.2) is 11.6 Å². The fourth-order valence-electron chi connectivity index (χ4n) is 1.30. The monoisotopic (exact) mass is 232 g/mol. The summed E-state index contributed by atoms with van der Waals surface area (Å²) in [6.45, 7) is 3.43. The summed E-state index contributed by atoms with van der Waals surface area (Å²) >= 11 is 5.95. The Balaban J connectivity index is 3.53. The zero-order valence-corrected chi connectivity index (χ0v) is 9.63. The Bertz CT molecular complexity index is 505. The zero-order valence-electron chi connectivity index (χ0n) is 8.87. The third kappa shape index (κ3) is 2.16. The number of phenols is 1. The van der Waals surface area contributed by atoms with E-state index in [1.54, 1.807) is 32.1 Å². The third-order valence-corrected chi connectivity index (χ3v) is 2.66. The largest absolute Gasteiger partial charge is 0.507 e. The second kappa shape index (κ2) is 4.70. The molecule has 0 heterocycles. The highest BCUT2D eigenvalue weighted by Gasteiger charge is 2.10. The highest BCUT2D eigenvalue weighted by molar-refractivity contribution is 6.31. The summed E-state index contributed by atoms with van der Waals surface area (Å²) in [7, 11) is 0. The number of benzene rings is 1. The minimum atomic E-state index is -0.0694. The number of aromatic hydroxyl groups is 1. The van der Waals surface area contributed by atoms with Gasteiger partial charge in [0.05, 0.1) is 0 Å². The van der Waals surface area contributed by atoms with Gasteiger partial charge in [-0.15, -0.1) is 0 Å². The van der Waals surface area contributed by atoms with Gasteiger partial charge in [0.15, 0.2) is 0 Å². The van der Waals surface area contributed by atoms with Crippen molar-refractivity contribution in [3.63, 3.8) is 0 Å². The summed E-state index contributed by atoms with van der Waals surface area (Å²) in [6.07, 6.45) is 1.34. The van der Waals surface area contributed by atoms with Crippen LogP contribution in [0.1, 0.15) is 16.7 Å². The molecule has 0 aliphatic heterocycles. The first-order valence-corrected chi connectivity index (χ1v) is 4.89. The molecule has 0 unspecified atom stereocenters. The van der Waals surface area contributed by atoms with Crippen molar-refractivity contribution in [2.75, 3.05) is 0 Å². The Hall–Kier alpha value is -1.97. The van der Waals surface area contributed by atoms with Crippen LogP contribution in [0.5, 0.6) is 5.75 Å². The van der Waals surface area contributed by atoms with Crippen LogP contribution in [0.3, 0.4) is 0 Å². The first-order chi connectivity index (χ1) is 7.51. The molecule has 1 aromatic rings. The molecular formula is C12H9ClN2O. The smallest absolute Gasteiger partial charge is 0.130 e. The molecule has 16 heavy (non-hydrogen) atoms. The average Bonchev–Trinajstić information content (AvgIpc) is 2.27. The summed E-state index contributed by atoms with van der Waals surface area (Å²) in [4.78, 5) is 0. The predicted octanol–water partition coefficient (Wildman–Crippen LogP) is 3.09. The van der Waals surface area contributed by atoms with Gasteiger partial charge in [0.2, 0.25) is 0 Å². The van der Waals surface area contributed by atoms with Gasteiger partial charge in [0.25, 0.3) is 0 Å². The zero-order chi connectivity index (χ0) is 12.3. The minimum Gasteiger partial charge on any atom is -0.507 e. The van der Waals surface area contributed by atoms with Crippen LogP contribution >= 0.6 is 11.6 Å². The lowest BCUT2D eigenvalue weighted by Gasteiger charge is -2.09. The van der Waals surface area contributed by atoms with Gasteiger partial charge in [-0.1, -0.05) is 11.6 Å². The number of rotatable bonds is 1. The number of nitriles is 2. The van der Waals surface area contributed by atoms with E-state index in [2.05, 4.69) is 0 Å². The molecule has 3 nitrogen and oxygen atoms in total. The van der Waals surface area contributed by atoms with E-state index in [0.29, 0.717) is 21.7 Å². The van der Waals surface area contributed by atoms with Crippen molar-refractivity contribution in [3.8, 4) is 17.9 Å². The normalized spacial score (nSPS) is 9.06. The fraction of sp³-hybridized carbons (Fsp3) is 0.167. The first kappa shape index (κ1) is 12.1. The summed E-state index contributed by atoms with van der Waals surface area (Å²) in [5, 5.41) is 27.6. The standard InChI is InChI=1S/C12H9ClN2O/c1-7-3-11(13)8(2)10(12(7)16)4-9(5-14)6-15/h3-4,16H,1-2H3. The number of allylic oxidation sites excluding steroid dienone is 1. The van der Waals surface area contributed by atoms with Gasteiger partial charge in [-0.05, 0) is 37.1 Å². The van der Waals surface area contributed by atoms with Crippen molar-refractivity contribution in [3.05, 3.63) is 33.4 Å². The van der Waals surface area contributed by atoms with Crippen molar-refractivity contribution in [1.29, 1.82) is 10.5 Å². The Morgan fingerprint density at radius 3 is 2.44 bits per heavy atom. The van der Waals surface area contributed by atoms with Crippen molar-refractivity contribution in [2.45, 2.75) is 13.8 Å². The maximum absolute atomic E-state index is 9.82. The second-order valence-corrected chi connectivity index (χ2v) is 3.75. The molecule has 1 rings (SSSR count). The van der Waals surface area contributed by atoms with Gasteiger partial charge >= 0.3 is 0 Å². The maximum Gasteiger partial charge on any atom is 0.130 e. The van der Waals surface area contributed by atoms with Crippen LogP contribution in [0, 0.1) is 36.5 Å². The SMILES string of the molecule is Cc1cc(Cl)c(C)c(C=C(C#N)C#N)c1O. The van der Waals surface area contributed by atoms with Gasteiger partial charge in [-0.25, -0.2) is 0 Å². The molecule has 1 aromatic carbocycles. The van der Waals surface area contributed by atoms with Crippen molar-refractivity contribution >= 4 is 17.7 Å². The van der Waals surface area contributed by atoms with Crippen LogP contribution in [-0.2, 0) is 0 Å². The van der Waals surface area contributed by atoms with Gasteiger partial charge in [-0.2, -0.15) is 10.5 Å². The van der Waals surface area contributed by atoms with Crippen LogP contribution in [0.25, 0.3) is 6.08 Å². The van der Waals surface area contributed by atoms with Crippen LogP contribution in [0.4, 0.5) is 0 Å². The van der Waals surface area contributed by atoms with E-state index in [1.807, 2.05) is 0 Å². The molecule has 0 spiro atoms. The molecule has 0 fully saturated rings. The first-order valence-electron chi connectivity index (χ1n) is 4.51. The van der Waals surface area contributed by atoms with Gasteiger partial charge in [0.1, 0.15) is 23.5 Å². The van der Waals surface area contributed by atoms with Crippen molar-refractivity contribution < 1.29 is 5.11 Å². The summed E-state index contributed by atoms with van der Waals surface area (Å²) in [6, 6.07) is 5.12. The molecule has 0 bridgehead atoms. The molecule has 0 amide bonds. The van der Waals surface area contributed by atoms with Gasteiger partial charge < -0.3 is 5.11 Å². The molecule has 80 valence electrons. The molecule has 0 saturated carbocycles. The van der Waals surface area contributed by atoms with E-state index in [9.17, 15) is 5.11 Å². The topological polar surface area (TPSA) is 67.8 Å². The number of aryl methyl sites for hydroxylation is 1.